The first kappa shape index (κ1) is 14.4. The van der Waals surface area contributed by atoms with E-state index in [1.807, 2.05) is 25.7 Å². The van der Waals surface area contributed by atoms with E-state index in [2.05, 4.69) is 12.2 Å². The molecule has 1 saturated carbocycles. The molecule has 0 bridgehead atoms. The molecule has 19 heavy (non-hydrogen) atoms. The molecule has 1 aliphatic carbocycles. The molecular weight excluding hydrogens is 240 g/mol. The first-order valence-corrected chi connectivity index (χ1v) is 7.54. The Balaban J connectivity index is 2.25. The maximum absolute atomic E-state index is 12.8. The van der Waals surface area contributed by atoms with Crippen LogP contribution >= 0.6 is 0 Å². The van der Waals surface area contributed by atoms with Crippen molar-refractivity contribution >= 4 is 11.8 Å². The number of carbonyl (C=O) groups is 2. The van der Waals surface area contributed by atoms with E-state index < -0.39 is 5.54 Å². The van der Waals surface area contributed by atoms with Gasteiger partial charge in [0.15, 0.2) is 0 Å². The van der Waals surface area contributed by atoms with E-state index in [9.17, 15) is 9.59 Å². The largest absolute Gasteiger partial charge is 0.340 e. The van der Waals surface area contributed by atoms with Gasteiger partial charge in [0.1, 0.15) is 11.6 Å². The Hall–Kier alpha value is -1.06. The number of nitrogens with zero attached hydrogens (tertiary/aromatic N) is 1. The second kappa shape index (κ2) is 5.14. The maximum Gasteiger partial charge on any atom is 0.248 e. The molecule has 2 amide bonds. The predicted octanol–water partition coefficient (Wildman–Crippen LogP) is 2.08. The lowest BCUT2D eigenvalue weighted by Gasteiger charge is -2.48. The van der Waals surface area contributed by atoms with Gasteiger partial charge in [0.2, 0.25) is 11.8 Å². The third kappa shape index (κ3) is 2.49. The Labute approximate surface area is 115 Å². The van der Waals surface area contributed by atoms with Gasteiger partial charge in [0.05, 0.1) is 0 Å². The Bertz CT molecular complexity index is 382. The highest BCUT2D eigenvalue weighted by Crippen LogP contribution is 2.32. The molecule has 1 aliphatic heterocycles. The summed E-state index contributed by atoms with van der Waals surface area (Å²) in [7, 11) is 0. The predicted molar refractivity (Wildman–Crippen MR) is 74.6 cm³/mol. The summed E-state index contributed by atoms with van der Waals surface area (Å²) >= 11 is 0. The molecular formula is C15H26N2O2. The van der Waals surface area contributed by atoms with E-state index in [1.54, 1.807) is 0 Å². The van der Waals surface area contributed by atoms with E-state index in [0.717, 1.165) is 19.3 Å². The summed E-state index contributed by atoms with van der Waals surface area (Å²) in [6.45, 7) is 7.89. The van der Waals surface area contributed by atoms with Gasteiger partial charge in [-0.05, 0) is 39.0 Å². The second-order valence-corrected chi connectivity index (χ2v) is 6.49. The number of nitrogens with one attached hydrogen (secondary N) is 1. The molecule has 2 fully saturated rings. The van der Waals surface area contributed by atoms with Crippen LogP contribution in [-0.2, 0) is 9.59 Å². The van der Waals surface area contributed by atoms with Gasteiger partial charge in [-0.1, -0.05) is 26.7 Å². The molecule has 2 aliphatic rings. The van der Waals surface area contributed by atoms with Gasteiger partial charge >= 0.3 is 0 Å². The smallest absolute Gasteiger partial charge is 0.248 e. The highest BCUT2D eigenvalue weighted by atomic mass is 16.2. The summed E-state index contributed by atoms with van der Waals surface area (Å²) in [6.07, 6.45) is 5.11. The quantitative estimate of drug-likeness (QED) is 0.832. The van der Waals surface area contributed by atoms with Crippen molar-refractivity contribution in [1.82, 2.24) is 10.2 Å². The molecule has 1 heterocycles. The normalized spacial score (nSPS) is 40.2. The topological polar surface area (TPSA) is 49.4 Å². The van der Waals surface area contributed by atoms with Crippen molar-refractivity contribution in [2.75, 3.05) is 0 Å². The summed E-state index contributed by atoms with van der Waals surface area (Å²) in [4.78, 5) is 26.8. The molecule has 0 radical (unpaired) electrons. The molecule has 4 heteroatoms. The number of rotatable bonds is 2. The zero-order valence-electron chi connectivity index (χ0n) is 12.5. The van der Waals surface area contributed by atoms with Crippen LogP contribution < -0.4 is 5.32 Å². The fourth-order valence-electron chi connectivity index (χ4n) is 3.39. The molecule has 4 nitrogen and oxygen atoms in total. The number of amides is 2. The first-order chi connectivity index (χ1) is 8.89. The van der Waals surface area contributed by atoms with Crippen molar-refractivity contribution in [3.63, 3.8) is 0 Å². The van der Waals surface area contributed by atoms with Crippen molar-refractivity contribution < 1.29 is 9.59 Å². The highest BCUT2D eigenvalue weighted by molar-refractivity contribution is 5.99. The molecule has 0 spiro atoms. The van der Waals surface area contributed by atoms with E-state index in [1.165, 1.54) is 6.42 Å². The molecule has 1 N–H and O–H groups in total. The van der Waals surface area contributed by atoms with E-state index in [4.69, 9.17) is 0 Å². The van der Waals surface area contributed by atoms with Gasteiger partial charge in [0, 0.05) is 6.04 Å². The Morgan fingerprint density at radius 1 is 1.32 bits per heavy atom. The molecule has 2 rings (SSSR count). The highest BCUT2D eigenvalue weighted by Gasteiger charge is 2.47. The summed E-state index contributed by atoms with van der Waals surface area (Å²) in [5, 5.41) is 2.89. The van der Waals surface area contributed by atoms with Gasteiger partial charge < -0.3 is 10.2 Å². The van der Waals surface area contributed by atoms with E-state index in [-0.39, 0.29) is 23.9 Å². The van der Waals surface area contributed by atoms with E-state index in [0.29, 0.717) is 12.3 Å². The second-order valence-electron chi connectivity index (χ2n) is 6.49. The average molecular weight is 266 g/mol. The van der Waals surface area contributed by atoms with Gasteiger partial charge in [-0.15, -0.1) is 0 Å². The summed E-state index contributed by atoms with van der Waals surface area (Å²) in [5.41, 5.74) is -0.718. The first-order valence-electron chi connectivity index (χ1n) is 7.54. The van der Waals surface area contributed by atoms with Crippen molar-refractivity contribution in [2.24, 2.45) is 5.92 Å². The Morgan fingerprint density at radius 2 is 2.00 bits per heavy atom. The fourth-order valence-corrected chi connectivity index (χ4v) is 3.39. The monoisotopic (exact) mass is 266 g/mol. The van der Waals surface area contributed by atoms with Crippen LogP contribution in [0.15, 0.2) is 0 Å². The molecule has 4 atom stereocenters. The lowest BCUT2D eigenvalue weighted by molar-refractivity contribution is -0.157. The molecule has 0 aromatic rings. The van der Waals surface area contributed by atoms with Crippen LogP contribution in [0.25, 0.3) is 0 Å². The van der Waals surface area contributed by atoms with Crippen LogP contribution in [0.5, 0.6) is 0 Å². The van der Waals surface area contributed by atoms with Gasteiger partial charge in [-0.3, -0.25) is 9.59 Å². The minimum Gasteiger partial charge on any atom is -0.340 e. The van der Waals surface area contributed by atoms with Crippen molar-refractivity contribution in [1.29, 1.82) is 0 Å². The maximum atomic E-state index is 12.8. The number of hydrogen-bond acceptors (Lipinski definition) is 2. The van der Waals surface area contributed by atoms with Crippen LogP contribution in [0.3, 0.4) is 0 Å². The van der Waals surface area contributed by atoms with Crippen molar-refractivity contribution in [3.05, 3.63) is 0 Å². The standard InChI is InChI=1S/C15H26N2O2/c1-5-15(4)14(19)17(11(3)13(18)16-15)12-8-6-7-10(2)9-12/h10-12H,5-9H2,1-4H3,(H,16,18). The Kier molecular flexibility index (Phi) is 3.88. The third-order valence-electron chi connectivity index (χ3n) is 4.91. The van der Waals surface area contributed by atoms with Crippen LogP contribution in [0, 0.1) is 5.92 Å². The van der Waals surface area contributed by atoms with Crippen molar-refractivity contribution in [3.8, 4) is 0 Å². The van der Waals surface area contributed by atoms with Crippen molar-refractivity contribution in [2.45, 2.75) is 77.4 Å². The average Bonchev–Trinajstić information content (AvgIpc) is 2.37. The lowest BCUT2D eigenvalue weighted by atomic mass is 9.83. The van der Waals surface area contributed by atoms with E-state index >= 15 is 0 Å². The van der Waals surface area contributed by atoms with Gasteiger partial charge in [0.25, 0.3) is 0 Å². The molecule has 4 unspecified atom stereocenters. The van der Waals surface area contributed by atoms with Gasteiger partial charge in [-0.25, -0.2) is 0 Å². The number of hydrogen-bond donors (Lipinski definition) is 1. The zero-order valence-corrected chi connectivity index (χ0v) is 12.5. The van der Waals surface area contributed by atoms with Crippen LogP contribution in [0.1, 0.15) is 59.8 Å². The summed E-state index contributed by atoms with van der Waals surface area (Å²) in [6, 6.07) is -0.0920. The van der Waals surface area contributed by atoms with Crippen LogP contribution in [-0.4, -0.2) is 34.3 Å². The summed E-state index contributed by atoms with van der Waals surface area (Å²) in [5.74, 6) is 0.736. The third-order valence-corrected chi connectivity index (χ3v) is 4.91. The summed E-state index contributed by atoms with van der Waals surface area (Å²) < 4.78 is 0. The molecule has 0 aromatic heterocycles. The minimum atomic E-state index is -0.718. The molecule has 1 saturated heterocycles. The number of piperazine rings is 1. The van der Waals surface area contributed by atoms with Gasteiger partial charge in [-0.2, -0.15) is 0 Å². The molecule has 108 valence electrons. The lowest BCUT2D eigenvalue weighted by Crippen LogP contribution is -2.70. The fraction of sp³-hybridized carbons (Fsp3) is 0.867. The zero-order chi connectivity index (χ0) is 14.2. The molecule has 0 aromatic carbocycles. The Morgan fingerprint density at radius 3 is 2.58 bits per heavy atom. The SMILES string of the molecule is CCC1(C)NC(=O)C(C)N(C2CCCC(C)C2)C1=O. The van der Waals surface area contributed by atoms with Crippen LogP contribution in [0.4, 0.5) is 0 Å². The minimum absolute atomic E-state index is 0.0119. The van der Waals surface area contributed by atoms with Crippen LogP contribution in [0.2, 0.25) is 0 Å². The number of carbonyl (C=O) groups excluding carboxylic acids is 2.